The maximum atomic E-state index is 12.1. The van der Waals surface area contributed by atoms with Gasteiger partial charge in [0.25, 0.3) is 0 Å². The van der Waals surface area contributed by atoms with Crippen LogP contribution in [0.5, 0.6) is 0 Å². The Morgan fingerprint density at radius 1 is 1.37 bits per heavy atom. The van der Waals surface area contributed by atoms with Gasteiger partial charge >= 0.3 is 0 Å². The predicted molar refractivity (Wildman–Crippen MR) is 77.5 cm³/mol. The van der Waals surface area contributed by atoms with Gasteiger partial charge in [-0.1, -0.05) is 26.0 Å². The smallest absolute Gasteiger partial charge is 0.231 e. The van der Waals surface area contributed by atoms with Crippen molar-refractivity contribution in [1.29, 1.82) is 0 Å². The lowest BCUT2D eigenvalue weighted by Gasteiger charge is -2.23. The van der Waals surface area contributed by atoms with Crippen LogP contribution in [0.25, 0.3) is 0 Å². The number of carbonyl (C=O) groups is 1. The molecule has 0 radical (unpaired) electrons. The highest BCUT2D eigenvalue weighted by atomic mass is 16.3. The fraction of sp³-hybridized carbons (Fsp3) is 0.562. The minimum Gasteiger partial charge on any atom is -0.390 e. The van der Waals surface area contributed by atoms with Crippen molar-refractivity contribution < 1.29 is 9.90 Å². The number of hydrogen-bond donors (Lipinski definition) is 1. The maximum Gasteiger partial charge on any atom is 0.231 e. The zero-order chi connectivity index (χ0) is 14.2. The lowest BCUT2D eigenvalue weighted by Crippen LogP contribution is -2.33. The van der Waals surface area contributed by atoms with Crippen LogP contribution in [0.2, 0.25) is 0 Å². The molecule has 1 aromatic rings. The van der Waals surface area contributed by atoms with E-state index in [9.17, 15) is 9.90 Å². The summed E-state index contributed by atoms with van der Waals surface area (Å²) in [6, 6.07) is 6.28. The summed E-state index contributed by atoms with van der Waals surface area (Å²) in [5, 5.41) is 9.79. The molecule has 19 heavy (non-hydrogen) atoms. The fourth-order valence-corrected chi connectivity index (χ4v) is 2.39. The van der Waals surface area contributed by atoms with Gasteiger partial charge in [0.05, 0.1) is 12.0 Å². The fourth-order valence-electron chi connectivity index (χ4n) is 2.39. The molecule has 3 heteroatoms. The second-order valence-corrected chi connectivity index (χ2v) is 6.33. The van der Waals surface area contributed by atoms with E-state index in [2.05, 4.69) is 26.0 Å². The second-order valence-electron chi connectivity index (χ2n) is 6.33. The van der Waals surface area contributed by atoms with Gasteiger partial charge in [0.1, 0.15) is 0 Å². The third kappa shape index (κ3) is 3.16. The lowest BCUT2D eigenvalue weighted by atomic mass is 9.99. The Labute approximate surface area is 115 Å². The van der Waals surface area contributed by atoms with Gasteiger partial charge in [-0.2, -0.15) is 0 Å². The van der Waals surface area contributed by atoms with Crippen LogP contribution >= 0.6 is 0 Å². The van der Waals surface area contributed by atoms with Crippen molar-refractivity contribution in [2.75, 3.05) is 11.4 Å². The van der Waals surface area contributed by atoms with Crippen LogP contribution in [0.1, 0.15) is 51.2 Å². The number of anilines is 1. The SMILES string of the molecule is CC(C)c1ccc2c(c1)CC(=O)N2CCC(C)(C)O. The van der Waals surface area contributed by atoms with Crippen molar-refractivity contribution in [3.8, 4) is 0 Å². The van der Waals surface area contributed by atoms with Crippen LogP contribution in [-0.4, -0.2) is 23.2 Å². The summed E-state index contributed by atoms with van der Waals surface area (Å²) in [6.45, 7) is 8.44. The average molecular weight is 261 g/mol. The number of rotatable bonds is 4. The van der Waals surface area contributed by atoms with Crippen molar-refractivity contribution in [3.63, 3.8) is 0 Å². The third-order valence-corrected chi connectivity index (χ3v) is 3.65. The predicted octanol–water partition coefficient (Wildman–Crippen LogP) is 2.86. The number of amides is 1. The molecule has 0 atom stereocenters. The van der Waals surface area contributed by atoms with Crippen molar-refractivity contribution in [1.82, 2.24) is 0 Å². The molecule has 1 N–H and O–H groups in total. The van der Waals surface area contributed by atoms with Crippen molar-refractivity contribution >= 4 is 11.6 Å². The summed E-state index contributed by atoms with van der Waals surface area (Å²) in [5.74, 6) is 0.617. The van der Waals surface area contributed by atoms with E-state index in [1.54, 1.807) is 18.7 Å². The van der Waals surface area contributed by atoms with E-state index in [0.29, 0.717) is 25.3 Å². The van der Waals surface area contributed by atoms with Gasteiger partial charge in [0.15, 0.2) is 0 Å². The van der Waals surface area contributed by atoms with Gasteiger partial charge < -0.3 is 10.0 Å². The van der Waals surface area contributed by atoms with Gasteiger partial charge in [-0.05, 0) is 43.4 Å². The van der Waals surface area contributed by atoms with E-state index >= 15 is 0 Å². The molecular weight excluding hydrogens is 238 g/mol. The highest BCUT2D eigenvalue weighted by molar-refractivity contribution is 6.01. The molecule has 0 fully saturated rings. The molecule has 104 valence electrons. The first kappa shape index (κ1) is 14.1. The van der Waals surface area contributed by atoms with E-state index in [1.165, 1.54) is 5.56 Å². The van der Waals surface area contributed by atoms with E-state index in [4.69, 9.17) is 0 Å². The normalized spacial score (nSPS) is 15.3. The van der Waals surface area contributed by atoms with E-state index < -0.39 is 5.60 Å². The van der Waals surface area contributed by atoms with Crippen molar-refractivity contribution in [2.24, 2.45) is 0 Å². The molecule has 1 aliphatic rings. The lowest BCUT2D eigenvalue weighted by molar-refractivity contribution is -0.117. The Morgan fingerprint density at radius 3 is 2.63 bits per heavy atom. The van der Waals surface area contributed by atoms with Gasteiger partial charge in [-0.3, -0.25) is 4.79 Å². The molecule has 1 heterocycles. The van der Waals surface area contributed by atoms with E-state index in [-0.39, 0.29) is 5.91 Å². The molecular formula is C16H23NO2. The topological polar surface area (TPSA) is 40.5 Å². The minimum absolute atomic E-state index is 0.139. The maximum absolute atomic E-state index is 12.1. The molecule has 0 unspecified atom stereocenters. The summed E-state index contributed by atoms with van der Waals surface area (Å²) < 4.78 is 0. The Kier molecular flexibility index (Phi) is 3.68. The number of aliphatic hydroxyl groups is 1. The van der Waals surface area contributed by atoms with Crippen LogP contribution in [-0.2, 0) is 11.2 Å². The first-order valence-corrected chi connectivity index (χ1v) is 6.93. The van der Waals surface area contributed by atoms with Crippen LogP contribution < -0.4 is 4.90 Å². The Morgan fingerprint density at radius 2 is 2.05 bits per heavy atom. The Balaban J connectivity index is 2.20. The minimum atomic E-state index is -0.735. The Hall–Kier alpha value is -1.35. The molecule has 0 spiro atoms. The zero-order valence-corrected chi connectivity index (χ0v) is 12.2. The summed E-state index contributed by atoms with van der Waals surface area (Å²) in [7, 11) is 0. The summed E-state index contributed by atoms with van der Waals surface area (Å²) in [5.41, 5.74) is 2.67. The van der Waals surface area contributed by atoms with Gasteiger partial charge in [0.2, 0.25) is 5.91 Å². The molecule has 1 amide bonds. The first-order chi connectivity index (χ1) is 8.78. The molecule has 2 rings (SSSR count). The van der Waals surface area contributed by atoms with Crippen LogP contribution in [0.4, 0.5) is 5.69 Å². The quantitative estimate of drug-likeness (QED) is 0.905. The van der Waals surface area contributed by atoms with Crippen molar-refractivity contribution in [3.05, 3.63) is 29.3 Å². The first-order valence-electron chi connectivity index (χ1n) is 6.93. The van der Waals surface area contributed by atoms with E-state index in [0.717, 1.165) is 11.3 Å². The number of fused-ring (bicyclic) bond motifs is 1. The summed E-state index contributed by atoms with van der Waals surface area (Å²) in [4.78, 5) is 13.9. The van der Waals surface area contributed by atoms with Crippen LogP contribution in [0.15, 0.2) is 18.2 Å². The van der Waals surface area contributed by atoms with Crippen LogP contribution in [0, 0.1) is 0 Å². The molecule has 0 aromatic heterocycles. The molecule has 3 nitrogen and oxygen atoms in total. The van der Waals surface area contributed by atoms with E-state index in [1.807, 2.05) is 6.07 Å². The van der Waals surface area contributed by atoms with Crippen molar-refractivity contribution in [2.45, 2.75) is 52.1 Å². The number of carbonyl (C=O) groups excluding carboxylic acids is 1. The highest BCUT2D eigenvalue weighted by Crippen LogP contribution is 2.32. The van der Waals surface area contributed by atoms with Gasteiger partial charge in [0, 0.05) is 12.2 Å². The molecule has 1 aliphatic heterocycles. The summed E-state index contributed by atoms with van der Waals surface area (Å²) in [6.07, 6.45) is 1.08. The average Bonchev–Trinajstić information content (AvgIpc) is 2.59. The molecule has 0 aliphatic carbocycles. The second kappa shape index (κ2) is 4.97. The number of nitrogens with zero attached hydrogens (tertiary/aromatic N) is 1. The molecule has 0 saturated carbocycles. The third-order valence-electron chi connectivity index (χ3n) is 3.65. The molecule has 0 saturated heterocycles. The monoisotopic (exact) mass is 261 g/mol. The number of benzene rings is 1. The van der Waals surface area contributed by atoms with Crippen LogP contribution in [0.3, 0.4) is 0 Å². The highest BCUT2D eigenvalue weighted by Gasteiger charge is 2.28. The largest absolute Gasteiger partial charge is 0.390 e. The van der Waals surface area contributed by atoms with Gasteiger partial charge in [-0.25, -0.2) is 0 Å². The molecule has 1 aromatic carbocycles. The molecule has 0 bridgehead atoms. The standard InChI is InChI=1S/C16H23NO2/c1-11(2)12-5-6-14-13(9-12)10-15(18)17(14)8-7-16(3,4)19/h5-6,9,11,19H,7-8,10H2,1-4H3. The zero-order valence-electron chi connectivity index (χ0n) is 12.2. The number of hydrogen-bond acceptors (Lipinski definition) is 2. The summed E-state index contributed by atoms with van der Waals surface area (Å²) >= 11 is 0. The van der Waals surface area contributed by atoms with Gasteiger partial charge in [-0.15, -0.1) is 0 Å². The Bertz CT molecular complexity index is 486.